The quantitative estimate of drug-likeness (QED) is 0.362. The molecular weight excluding hydrogens is 316 g/mol. The van der Waals surface area contributed by atoms with Crippen LogP contribution >= 0.6 is 0 Å². The molecule has 1 saturated carbocycles. The first kappa shape index (κ1) is 17.7. The molecule has 3 nitrogen and oxygen atoms in total. The van der Waals surface area contributed by atoms with E-state index in [-0.39, 0.29) is 0 Å². The van der Waals surface area contributed by atoms with Crippen LogP contribution in [0.2, 0.25) is 0 Å². The summed E-state index contributed by atoms with van der Waals surface area (Å²) >= 11 is 0. The fourth-order valence-electron chi connectivity index (χ4n) is 2.96. The zero-order chi connectivity index (χ0) is 17.7. The Hall–Kier alpha value is -1.63. The highest BCUT2D eigenvalue weighted by Gasteiger charge is 2.69. The monoisotopic (exact) mass is 334 g/mol. The van der Waals surface area contributed by atoms with E-state index < -0.39 is 63.9 Å². The zero-order valence-corrected chi connectivity index (χ0v) is 13.5. The Bertz CT molecular complexity index is 625. The molecule has 0 heterocycles. The highest BCUT2D eigenvalue weighted by atomic mass is 19.2. The van der Waals surface area contributed by atoms with E-state index in [1.165, 1.54) is 0 Å². The first-order chi connectivity index (χ1) is 10.5. The van der Waals surface area contributed by atoms with Crippen molar-refractivity contribution in [1.29, 1.82) is 0 Å². The van der Waals surface area contributed by atoms with Crippen molar-refractivity contribution in [3.05, 3.63) is 28.8 Å². The van der Waals surface area contributed by atoms with E-state index in [1.54, 1.807) is 27.7 Å². The van der Waals surface area contributed by atoms with Crippen LogP contribution in [0.3, 0.4) is 0 Å². The van der Waals surface area contributed by atoms with Gasteiger partial charge in [0, 0.05) is 7.11 Å². The van der Waals surface area contributed by atoms with E-state index in [9.17, 15) is 22.4 Å². The van der Waals surface area contributed by atoms with Crippen molar-refractivity contribution in [2.24, 2.45) is 16.7 Å². The third-order valence-electron chi connectivity index (χ3n) is 5.06. The van der Waals surface area contributed by atoms with Crippen LogP contribution in [0, 0.1) is 40.0 Å². The van der Waals surface area contributed by atoms with Gasteiger partial charge in [-0.05, 0) is 10.8 Å². The number of carbonyl (C=O) groups is 1. The zero-order valence-electron chi connectivity index (χ0n) is 13.5. The van der Waals surface area contributed by atoms with Gasteiger partial charge in [-0.3, -0.25) is 4.79 Å². The van der Waals surface area contributed by atoms with Crippen LogP contribution in [0.4, 0.5) is 17.6 Å². The third kappa shape index (κ3) is 2.51. The van der Waals surface area contributed by atoms with E-state index in [0.29, 0.717) is 0 Å². The molecule has 0 amide bonds. The predicted octanol–water partition coefficient (Wildman–Crippen LogP) is 3.98. The van der Waals surface area contributed by atoms with Crippen LogP contribution in [0.15, 0.2) is 0 Å². The van der Waals surface area contributed by atoms with Crippen molar-refractivity contribution < 1.29 is 31.8 Å². The van der Waals surface area contributed by atoms with Crippen molar-refractivity contribution in [2.75, 3.05) is 7.11 Å². The Morgan fingerprint density at radius 3 is 1.74 bits per heavy atom. The second-order valence-electron chi connectivity index (χ2n) is 6.79. The summed E-state index contributed by atoms with van der Waals surface area (Å²) in [5.41, 5.74) is -1.77. The number of carbonyl (C=O) groups excluding carboxylic acids is 1. The van der Waals surface area contributed by atoms with Gasteiger partial charge in [0.1, 0.15) is 0 Å². The first-order valence-electron chi connectivity index (χ1n) is 7.03. The molecule has 0 bridgehead atoms. The van der Waals surface area contributed by atoms with Crippen molar-refractivity contribution in [3.63, 3.8) is 0 Å². The van der Waals surface area contributed by atoms with Gasteiger partial charge in [0.2, 0.25) is 17.4 Å². The summed E-state index contributed by atoms with van der Waals surface area (Å²) in [6.07, 6.45) is 0. The Morgan fingerprint density at radius 1 is 0.957 bits per heavy atom. The summed E-state index contributed by atoms with van der Waals surface area (Å²) in [6.45, 7) is 6.55. The average Bonchev–Trinajstić information content (AvgIpc) is 2.87. The number of ether oxygens (including phenoxy) is 2. The maximum absolute atomic E-state index is 13.9. The first-order valence-corrected chi connectivity index (χ1v) is 7.03. The molecular formula is C16H18F4O3. The molecule has 0 atom stereocenters. The van der Waals surface area contributed by atoms with E-state index in [2.05, 4.69) is 9.47 Å². The molecule has 7 heteroatoms. The van der Waals surface area contributed by atoms with Gasteiger partial charge < -0.3 is 9.47 Å². The number of hydrogen-bond acceptors (Lipinski definition) is 3. The Morgan fingerprint density at radius 2 is 1.39 bits per heavy atom. The fourth-order valence-corrected chi connectivity index (χ4v) is 2.96. The molecule has 1 aliphatic carbocycles. The molecule has 1 fully saturated rings. The van der Waals surface area contributed by atoms with Gasteiger partial charge in [-0.2, -0.15) is 8.78 Å². The van der Waals surface area contributed by atoms with Crippen LogP contribution in [0.5, 0.6) is 5.75 Å². The van der Waals surface area contributed by atoms with E-state index >= 15 is 0 Å². The lowest BCUT2D eigenvalue weighted by Crippen LogP contribution is -2.18. The van der Waals surface area contributed by atoms with Crippen LogP contribution in [-0.4, -0.2) is 13.1 Å². The molecule has 0 radical (unpaired) electrons. The largest absolute Gasteiger partial charge is 0.420 e. The van der Waals surface area contributed by atoms with Crippen molar-refractivity contribution >= 4 is 5.97 Å². The Labute approximate surface area is 131 Å². The van der Waals surface area contributed by atoms with Gasteiger partial charge in [-0.25, -0.2) is 8.78 Å². The van der Waals surface area contributed by atoms with E-state index in [0.717, 1.165) is 7.11 Å². The third-order valence-corrected chi connectivity index (χ3v) is 5.06. The molecule has 0 N–H and O–H groups in total. The molecule has 1 aromatic carbocycles. The summed E-state index contributed by atoms with van der Waals surface area (Å²) in [5.74, 6) is -9.68. The smallest absolute Gasteiger partial charge is 0.315 e. The lowest BCUT2D eigenvalue weighted by atomic mass is 10.0. The van der Waals surface area contributed by atoms with Crippen molar-refractivity contribution in [2.45, 2.75) is 34.3 Å². The summed E-state index contributed by atoms with van der Waals surface area (Å²) in [4.78, 5) is 12.1. The summed E-state index contributed by atoms with van der Waals surface area (Å²) < 4.78 is 64.7. The van der Waals surface area contributed by atoms with Crippen molar-refractivity contribution in [3.8, 4) is 5.75 Å². The Balaban J connectivity index is 2.37. The molecule has 1 aromatic rings. The van der Waals surface area contributed by atoms with E-state index in [4.69, 9.17) is 0 Å². The topological polar surface area (TPSA) is 35.5 Å². The molecule has 0 saturated heterocycles. The standard InChI is InChI=1S/C16H18F4O3/c1-15(2)13(16(15,3)4)14(21)23-12-10(19)8(17)7(6-22-5)9(18)11(12)20/h13H,6H2,1-5H3. The van der Waals surface area contributed by atoms with Crippen LogP contribution < -0.4 is 4.74 Å². The molecule has 0 aliphatic heterocycles. The van der Waals surface area contributed by atoms with Gasteiger partial charge >= 0.3 is 5.97 Å². The fraction of sp³-hybridized carbons (Fsp3) is 0.562. The van der Waals surface area contributed by atoms with Gasteiger partial charge in [-0.15, -0.1) is 0 Å². The van der Waals surface area contributed by atoms with Gasteiger partial charge in [0.05, 0.1) is 18.1 Å². The SMILES string of the molecule is COCc1c(F)c(F)c(OC(=O)C2C(C)(C)C2(C)C)c(F)c1F. The molecule has 0 spiro atoms. The van der Waals surface area contributed by atoms with Gasteiger partial charge in [-0.1, -0.05) is 27.7 Å². The molecule has 0 unspecified atom stereocenters. The minimum atomic E-state index is -1.75. The van der Waals surface area contributed by atoms with Crippen LogP contribution in [-0.2, 0) is 16.1 Å². The van der Waals surface area contributed by atoms with Gasteiger partial charge in [0.25, 0.3) is 0 Å². The summed E-state index contributed by atoms with van der Waals surface area (Å²) in [6, 6.07) is 0. The Kier molecular flexibility index (Phi) is 4.22. The average molecular weight is 334 g/mol. The highest BCUT2D eigenvalue weighted by Crippen LogP contribution is 2.68. The lowest BCUT2D eigenvalue weighted by molar-refractivity contribution is -0.137. The minimum Gasteiger partial charge on any atom is -0.420 e. The van der Waals surface area contributed by atoms with Crippen LogP contribution in [0.25, 0.3) is 0 Å². The second-order valence-corrected chi connectivity index (χ2v) is 6.79. The maximum Gasteiger partial charge on any atom is 0.315 e. The summed E-state index contributed by atoms with van der Waals surface area (Å²) in [5, 5.41) is 0. The second kappa shape index (κ2) is 5.47. The maximum atomic E-state index is 13.9. The number of halogens is 4. The number of hydrogen-bond donors (Lipinski definition) is 0. The number of rotatable bonds is 4. The van der Waals surface area contributed by atoms with Gasteiger partial charge in [0.15, 0.2) is 11.6 Å². The highest BCUT2D eigenvalue weighted by molar-refractivity contribution is 5.81. The molecule has 1 aliphatic rings. The predicted molar refractivity (Wildman–Crippen MR) is 73.7 cm³/mol. The molecule has 0 aromatic heterocycles. The molecule has 2 rings (SSSR count). The molecule has 128 valence electrons. The normalized spacial score (nSPS) is 18.8. The summed E-state index contributed by atoms with van der Waals surface area (Å²) in [7, 11) is 1.12. The molecule has 23 heavy (non-hydrogen) atoms. The lowest BCUT2D eigenvalue weighted by Gasteiger charge is -2.12. The van der Waals surface area contributed by atoms with Crippen molar-refractivity contribution in [1.82, 2.24) is 0 Å². The number of methoxy groups -OCH3 is 1. The number of esters is 1. The number of benzene rings is 1. The van der Waals surface area contributed by atoms with Crippen LogP contribution in [0.1, 0.15) is 33.3 Å². The minimum absolute atomic E-state index is 0.440. The van der Waals surface area contributed by atoms with E-state index in [1.807, 2.05) is 0 Å².